The van der Waals surface area contributed by atoms with Crippen LogP contribution in [0.2, 0.25) is 0 Å². The Labute approximate surface area is 158 Å². The average Bonchev–Trinajstić information content (AvgIpc) is 3.04. The summed E-state index contributed by atoms with van der Waals surface area (Å²) >= 11 is 5.30. The second-order valence-electron chi connectivity index (χ2n) is 5.90. The summed E-state index contributed by atoms with van der Waals surface area (Å²) in [6.07, 6.45) is 4.42. The van der Waals surface area contributed by atoms with Crippen LogP contribution in [0.15, 0.2) is 59.7 Å². The van der Waals surface area contributed by atoms with Crippen molar-refractivity contribution < 1.29 is 4.74 Å². The molecule has 3 aromatic rings. The predicted molar refractivity (Wildman–Crippen MR) is 106 cm³/mol. The third-order valence-corrected chi connectivity index (χ3v) is 4.14. The molecule has 1 aromatic heterocycles. The molecule has 0 radical (unpaired) electrons. The number of nitrogens with one attached hydrogen (secondary N) is 1. The smallest absolute Gasteiger partial charge is 0.216 e. The van der Waals surface area contributed by atoms with Gasteiger partial charge in [0.15, 0.2) is 5.82 Å². The topological polar surface area (TPSA) is 55.2 Å². The van der Waals surface area contributed by atoms with E-state index in [0.29, 0.717) is 4.77 Å². The SMILES string of the molecule is CCCOc1ccc(/C=N\n2c(CCc3ccccc3)n[nH]c2=S)cc1. The molecule has 0 fully saturated rings. The molecule has 1 heterocycles. The molecule has 0 saturated heterocycles. The molecular formula is C20H22N4OS. The summed E-state index contributed by atoms with van der Waals surface area (Å²) in [7, 11) is 0. The molecule has 0 saturated carbocycles. The molecule has 2 aromatic carbocycles. The second kappa shape index (κ2) is 9.10. The van der Waals surface area contributed by atoms with E-state index < -0.39 is 0 Å². The minimum atomic E-state index is 0.493. The van der Waals surface area contributed by atoms with E-state index in [0.717, 1.165) is 43.0 Å². The number of H-pyrrole nitrogens is 1. The van der Waals surface area contributed by atoms with Gasteiger partial charge in [0.2, 0.25) is 4.77 Å². The standard InChI is InChI=1S/C20H22N4OS/c1-2-14-25-18-11-8-17(9-12-18)15-21-24-19(22-23-20(24)26)13-10-16-6-4-3-5-7-16/h3-9,11-12,15H,2,10,13-14H2,1H3,(H,23,26)/b21-15-. The first-order valence-corrected chi connectivity index (χ1v) is 9.14. The Morgan fingerprint density at radius 2 is 1.88 bits per heavy atom. The molecule has 0 spiro atoms. The van der Waals surface area contributed by atoms with Gasteiger partial charge in [0.1, 0.15) is 5.75 Å². The van der Waals surface area contributed by atoms with Crippen LogP contribution in [-0.4, -0.2) is 27.7 Å². The third kappa shape index (κ3) is 4.89. The van der Waals surface area contributed by atoms with Gasteiger partial charge in [-0.05, 0) is 60.5 Å². The van der Waals surface area contributed by atoms with Crippen LogP contribution in [0, 0.1) is 4.77 Å². The van der Waals surface area contributed by atoms with E-state index in [4.69, 9.17) is 17.0 Å². The minimum absolute atomic E-state index is 0.493. The van der Waals surface area contributed by atoms with Crippen molar-refractivity contribution in [3.63, 3.8) is 0 Å². The molecule has 0 atom stereocenters. The molecule has 134 valence electrons. The Morgan fingerprint density at radius 1 is 1.12 bits per heavy atom. The summed E-state index contributed by atoms with van der Waals surface area (Å²) in [4.78, 5) is 0. The summed E-state index contributed by atoms with van der Waals surface area (Å²) in [5, 5.41) is 11.6. The summed E-state index contributed by atoms with van der Waals surface area (Å²) in [6.45, 7) is 2.81. The second-order valence-corrected chi connectivity index (χ2v) is 6.29. The van der Waals surface area contributed by atoms with E-state index in [9.17, 15) is 0 Å². The normalized spacial score (nSPS) is 11.1. The fourth-order valence-corrected chi connectivity index (χ4v) is 2.70. The maximum absolute atomic E-state index is 5.59. The van der Waals surface area contributed by atoms with Crippen LogP contribution in [0.4, 0.5) is 0 Å². The average molecular weight is 366 g/mol. The number of hydrogen-bond acceptors (Lipinski definition) is 4. The number of aromatic nitrogens is 3. The molecule has 0 aliphatic heterocycles. The Hall–Kier alpha value is -2.73. The Kier molecular flexibility index (Phi) is 6.33. The van der Waals surface area contributed by atoms with Crippen molar-refractivity contribution in [3.05, 3.63) is 76.3 Å². The van der Waals surface area contributed by atoms with Gasteiger partial charge in [-0.3, -0.25) is 5.10 Å². The van der Waals surface area contributed by atoms with Gasteiger partial charge in [-0.1, -0.05) is 37.3 Å². The van der Waals surface area contributed by atoms with Gasteiger partial charge in [0.05, 0.1) is 12.8 Å². The molecular weight excluding hydrogens is 344 g/mol. The first-order chi connectivity index (χ1) is 12.8. The van der Waals surface area contributed by atoms with Gasteiger partial charge in [-0.2, -0.15) is 14.9 Å². The molecule has 1 N–H and O–H groups in total. The molecule has 0 bridgehead atoms. The Bertz CT molecular complexity index is 898. The molecule has 0 aliphatic carbocycles. The molecule has 5 nitrogen and oxygen atoms in total. The van der Waals surface area contributed by atoms with Crippen LogP contribution in [0.3, 0.4) is 0 Å². The zero-order chi connectivity index (χ0) is 18.2. The van der Waals surface area contributed by atoms with Gasteiger partial charge in [0.25, 0.3) is 0 Å². The van der Waals surface area contributed by atoms with E-state index in [2.05, 4.69) is 34.4 Å². The molecule has 0 aliphatic rings. The van der Waals surface area contributed by atoms with Gasteiger partial charge in [0, 0.05) is 6.42 Å². The number of ether oxygens (including phenoxy) is 1. The highest BCUT2D eigenvalue weighted by Gasteiger charge is 2.05. The van der Waals surface area contributed by atoms with Crippen LogP contribution in [0.1, 0.15) is 30.3 Å². The van der Waals surface area contributed by atoms with Gasteiger partial charge >= 0.3 is 0 Å². The Morgan fingerprint density at radius 3 is 2.62 bits per heavy atom. The van der Waals surface area contributed by atoms with Crippen LogP contribution in [0.25, 0.3) is 0 Å². The van der Waals surface area contributed by atoms with Crippen molar-refractivity contribution in [1.29, 1.82) is 0 Å². The molecule has 3 rings (SSSR count). The highest BCUT2D eigenvalue weighted by molar-refractivity contribution is 7.71. The Balaban J connectivity index is 1.68. The predicted octanol–water partition coefficient (Wildman–Crippen LogP) is 4.40. The molecule has 0 amide bonds. The first-order valence-electron chi connectivity index (χ1n) is 8.73. The van der Waals surface area contributed by atoms with Crippen molar-refractivity contribution in [1.82, 2.24) is 14.9 Å². The highest BCUT2D eigenvalue weighted by atomic mass is 32.1. The van der Waals surface area contributed by atoms with E-state index in [-0.39, 0.29) is 0 Å². The lowest BCUT2D eigenvalue weighted by Gasteiger charge is -2.04. The quantitative estimate of drug-likeness (QED) is 0.475. The number of aromatic amines is 1. The molecule has 26 heavy (non-hydrogen) atoms. The third-order valence-electron chi connectivity index (χ3n) is 3.87. The number of benzene rings is 2. The van der Waals surface area contributed by atoms with E-state index in [1.54, 1.807) is 10.9 Å². The number of nitrogens with zero attached hydrogens (tertiary/aromatic N) is 3. The lowest BCUT2D eigenvalue weighted by molar-refractivity contribution is 0.317. The van der Waals surface area contributed by atoms with Gasteiger partial charge in [-0.25, -0.2) is 0 Å². The maximum Gasteiger partial charge on any atom is 0.216 e. The molecule has 6 heteroatoms. The summed E-state index contributed by atoms with van der Waals surface area (Å²) in [6, 6.07) is 18.2. The number of rotatable bonds is 8. The van der Waals surface area contributed by atoms with Crippen LogP contribution >= 0.6 is 12.2 Å². The lowest BCUT2D eigenvalue weighted by atomic mass is 10.1. The van der Waals surface area contributed by atoms with Gasteiger partial charge < -0.3 is 4.74 Å². The summed E-state index contributed by atoms with van der Waals surface area (Å²) in [5.74, 6) is 1.69. The number of hydrogen-bond donors (Lipinski definition) is 1. The largest absolute Gasteiger partial charge is 0.494 e. The van der Waals surface area contributed by atoms with E-state index in [1.165, 1.54) is 5.56 Å². The lowest BCUT2D eigenvalue weighted by Crippen LogP contribution is -2.01. The summed E-state index contributed by atoms with van der Waals surface area (Å²) in [5.41, 5.74) is 2.24. The fraction of sp³-hybridized carbons (Fsp3) is 0.250. The van der Waals surface area contributed by atoms with Crippen LogP contribution < -0.4 is 4.74 Å². The van der Waals surface area contributed by atoms with Crippen molar-refractivity contribution in [2.45, 2.75) is 26.2 Å². The maximum atomic E-state index is 5.59. The van der Waals surface area contributed by atoms with E-state index in [1.807, 2.05) is 42.5 Å². The van der Waals surface area contributed by atoms with Crippen molar-refractivity contribution in [3.8, 4) is 5.75 Å². The zero-order valence-corrected chi connectivity index (χ0v) is 15.6. The van der Waals surface area contributed by atoms with Crippen molar-refractivity contribution in [2.75, 3.05) is 6.61 Å². The van der Waals surface area contributed by atoms with E-state index >= 15 is 0 Å². The van der Waals surface area contributed by atoms with Crippen molar-refractivity contribution >= 4 is 18.4 Å². The van der Waals surface area contributed by atoms with Crippen LogP contribution in [-0.2, 0) is 12.8 Å². The first kappa shape index (κ1) is 18.1. The molecule has 0 unspecified atom stereocenters. The number of aryl methyl sites for hydroxylation is 2. The monoisotopic (exact) mass is 366 g/mol. The highest BCUT2D eigenvalue weighted by Crippen LogP contribution is 2.12. The van der Waals surface area contributed by atoms with Crippen LogP contribution in [0.5, 0.6) is 5.75 Å². The fourth-order valence-electron chi connectivity index (χ4n) is 2.50. The van der Waals surface area contributed by atoms with Crippen molar-refractivity contribution in [2.24, 2.45) is 5.10 Å². The minimum Gasteiger partial charge on any atom is -0.494 e. The van der Waals surface area contributed by atoms with Gasteiger partial charge in [-0.15, -0.1) is 0 Å². The summed E-state index contributed by atoms with van der Waals surface area (Å²) < 4.78 is 7.76. The zero-order valence-electron chi connectivity index (χ0n) is 14.8.